The van der Waals surface area contributed by atoms with Gasteiger partial charge in [-0.3, -0.25) is 44.0 Å². The third-order valence-corrected chi connectivity index (χ3v) is 11.8. The zero-order valence-electron chi connectivity index (χ0n) is 42.0. The van der Waals surface area contributed by atoms with Gasteiger partial charge in [-0.25, -0.2) is 18.7 Å². The second-order valence-corrected chi connectivity index (χ2v) is 16.2. The molecule has 3 aromatic carbocycles. The molecule has 0 aliphatic carbocycles. The monoisotopic (exact) mass is 905 g/mol. The van der Waals surface area contributed by atoms with Gasteiger partial charge >= 0.3 is 0 Å². The van der Waals surface area contributed by atoms with Gasteiger partial charge in [0.05, 0.1) is 46.1 Å². The first-order chi connectivity index (χ1) is 34.0. The number of rotatable bonds is 12. The molecule has 4 aromatic rings. The Morgan fingerprint density at radius 1 is 0.969 bits per heavy atom. The van der Waals surface area contributed by atoms with Gasteiger partial charge in [0.2, 0.25) is 17.7 Å². The third-order valence-electron chi connectivity index (χ3n) is 11.5. The van der Waals surface area contributed by atoms with Crippen molar-refractivity contribution in [1.82, 2.24) is 30.0 Å². The molecule has 0 radical (unpaired) electrons. The Balaban J connectivity index is 0.856. The summed E-state index contributed by atoms with van der Waals surface area (Å²) >= 11 is 6.00. The summed E-state index contributed by atoms with van der Waals surface area (Å²) in [7, 11) is 0. The number of benzene rings is 3. The van der Waals surface area contributed by atoms with E-state index in [0.717, 1.165) is 6.07 Å². The van der Waals surface area contributed by atoms with Crippen molar-refractivity contribution in [3.8, 4) is 5.75 Å². The predicted molar refractivity (Wildman–Crippen MR) is 233 cm³/mol. The van der Waals surface area contributed by atoms with Crippen LogP contribution >= 0.6 is 11.6 Å². The zero-order valence-corrected chi connectivity index (χ0v) is 34.7. The summed E-state index contributed by atoms with van der Waals surface area (Å²) in [6.07, 6.45) is 4.97. The van der Waals surface area contributed by atoms with E-state index in [1.807, 2.05) is 10.2 Å². The van der Waals surface area contributed by atoms with E-state index >= 15 is 4.39 Å². The van der Waals surface area contributed by atoms with E-state index in [0.29, 0.717) is 102 Å². The van der Waals surface area contributed by atoms with Gasteiger partial charge in [-0.05, 0) is 74.7 Å². The molecule has 5 amide bonds. The molecule has 5 aliphatic heterocycles. The van der Waals surface area contributed by atoms with Crippen molar-refractivity contribution in [2.75, 3.05) is 80.9 Å². The molecule has 0 saturated carbocycles. The Morgan fingerprint density at radius 2 is 1.78 bits per heavy atom. The van der Waals surface area contributed by atoms with Gasteiger partial charge in [0.25, 0.3) is 11.8 Å². The maximum atomic E-state index is 15.9. The molecule has 0 bridgehead atoms. The van der Waals surface area contributed by atoms with E-state index in [-0.39, 0.29) is 28.9 Å². The minimum absolute atomic E-state index is 0.0887. The molecule has 1 aromatic heterocycles. The van der Waals surface area contributed by atoms with E-state index in [1.165, 1.54) is 30.6 Å². The Bertz CT molecular complexity index is 2900. The summed E-state index contributed by atoms with van der Waals surface area (Å²) in [6, 6.07) is 7.27. The van der Waals surface area contributed by atoms with E-state index in [4.69, 9.17) is 32.0 Å². The van der Waals surface area contributed by atoms with Gasteiger partial charge < -0.3 is 25.0 Å². The normalized spacial score (nSPS) is 26.2. The van der Waals surface area contributed by atoms with E-state index in [9.17, 15) is 28.4 Å². The average molecular weight is 906 g/mol. The molecule has 16 nitrogen and oxygen atoms in total. The standard InChI is InChI=1S/C45H46ClF2N9O7/c46-32-18-27(3-4-33(32)47)51-42-30-21-36(38(22-35(30)49-25-50-42)64-29-9-17-63-24-29)52-39(58)2-1-10-54-11-7-26(8-12-54)23-55-13-15-56(16-14-55)28-19-31-41(34(48)20-28)45(62)57(44(31)61)37-5-6-40(59)53-43(37)60/h1-4,18-22,25-26,29,37H,5-17,23-24H2,(H,52,58)(H,49,50,51)(H,53,59,60)/b2-1+/t29-,37?/m0/s1/i13D2,14D2,15D2,16D2. The predicted octanol–water partition coefficient (Wildman–Crippen LogP) is 4.90. The average Bonchev–Trinajstić information content (AvgIpc) is 3.92. The van der Waals surface area contributed by atoms with Gasteiger partial charge in [-0.2, -0.15) is 0 Å². The zero-order chi connectivity index (χ0) is 51.7. The van der Waals surface area contributed by atoms with Gasteiger partial charge in [0, 0.05) is 86.3 Å². The van der Waals surface area contributed by atoms with Crippen LogP contribution in [0.1, 0.15) is 63.8 Å². The van der Waals surface area contributed by atoms with Crippen molar-refractivity contribution in [3.05, 3.63) is 88.7 Å². The van der Waals surface area contributed by atoms with Crippen LogP contribution in [-0.4, -0.2) is 132 Å². The highest BCUT2D eigenvalue weighted by molar-refractivity contribution is 6.31. The van der Waals surface area contributed by atoms with Crippen LogP contribution < -0.4 is 25.6 Å². The number of nitrogens with one attached hydrogen (secondary N) is 3. The molecular weight excluding hydrogens is 852 g/mol. The lowest BCUT2D eigenvalue weighted by molar-refractivity contribution is -0.136. The van der Waals surface area contributed by atoms with Gasteiger partial charge in [0.1, 0.15) is 41.7 Å². The second kappa shape index (κ2) is 18.6. The Hall–Kier alpha value is -6.08. The summed E-state index contributed by atoms with van der Waals surface area (Å²) < 4.78 is 113. The van der Waals surface area contributed by atoms with Crippen molar-refractivity contribution in [2.24, 2.45) is 5.92 Å². The summed E-state index contributed by atoms with van der Waals surface area (Å²) in [5.74, 6) is -6.25. The van der Waals surface area contributed by atoms with Crippen molar-refractivity contribution < 1.29 is 53.2 Å². The fraction of sp³-hybridized carbons (Fsp3) is 0.400. The number of nitrogens with zero attached hydrogens (tertiary/aromatic N) is 6. The number of likely N-dealkylation sites (tertiary alicyclic amines) is 1. The van der Waals surface area contributed by atoms with Gasteiger partial charge in [0.15, 0.2) is 0 Å². The number of piperidine rings is 2. The minimum Gasteiger partial charge on any atom is -0.486 e. The largest absolute Gasteiger partial charge is 0.486 e. The molecule has 1 unspecified atom stereocenters. The molecular formula is C45H46ClF2N9O7. The first-order valence-electron chi connectivity index (χ1n) is 24.6. The van der Waals surface area contributed by atoms with Gasteiger partial charge in [-0.15, -0.1) is 0 Å². The number of hydrogen-bond acceptors (Lipinski definition) is 13. The van der Waals surface area contributed by atoms with E-state index in [1.54, 1.807) is 18.2 Å². The maximum Gasteiger partial charge on any atom is 0.265 e. The third kappa shape index (κ3) is 9.27. The van der Waals surface area contributed by atoms with Gasteiger partial charge in [-0.1, -0.05) is 17.7 Å². The molecule has 4 saturated heterocycles. The lowest BCUT2D eigenvalue weighted by Crippen LogP contribution is -2.54. The summed E-state index contributed by atoms with van der Waals surface area (Å²) in [6.45, 7) is -11.9. The fourth-order valence-electron chi connectivity index (χ4n) is 8.13. The highest BCUT2D eigenvalue weighted by Crippen LogP contribution is 2.36. The van der Waals surface area contributed by atoms with E-state index < -0.39 is 102 Å². The van der Waals surface area contributed by atoms with Crippen LogP contribution in [0.15, 0.2) is 60.9 Å². The van der Waals surface area contributed by atoms with Crippen LogP contribution in [-0.2, 0) is 19.1 Å². The molecule has 64 heavy (non-hydrogen) atoms. The number of halogens is 3. The van der Waals surface area contributed by atoms with Crippen LogP contribution in [0, 0.1) is 17.6 Å². The summed E-state index contributed by atoms with van der Waals surface area (Å²) in [4.78, 5) is 76.4. The maximum absolute atomic E-state index is 15.9. The highest BCUT2D eigenvalue weighted by Gasteiger charge is 2.46. The van der Waals surface area contributed by atoms with Crippen molar-refractivity contribution in [2.45, 2.75) is 44.2 Å². The molecule has 6 heterocycles. The van der Waals surface area contributed by atoms with Crippen LogP contribution in [0.4, 0.5) is 31.7 Å². The van der Waals surface area contributed by atoms with Crippen molar-refractivity contribution in [1.29, 1.82) is 0 Å². The summed E-state index contributed by atoms with van der Waals surface area (Å²) in [5, 5.41) is 8.43. The number of ether oxygens (including phenoxy) is 2. The number of carbonyl (C=O) groups is 5. The molecule has 9 rings (SSSR count). The SMILES string of the molecule is [2H]C1([2H])N(CC2CCN(C/C=C/C(=O)Nc3cc4c(Nc5ccc(F)c(Cl)c5)ncnc4cc3O[C@H]3CCOC3)CC2)C([2H])([2H])C([2H])([2H])N(c2cc(F)c3c(c2)C(=O)N(C2CCC(=O)NC2=O)C3=O)C1([2H])[2H]. The number of imide groups is 2. The van der Waals surface area contributed by atoms with Crippen LogP contribution in [0.25, 0.3) is 10.9 Å². The van der Waals surface area contributed by atoms with Crippen molar-refractivity contribution in [3.63, 3.8) is 0 Å². The van der Waals surface area contributed by atoms with Crippen LogP contribution in [0.5, 0.6) is 5.75 Å². The van der Waals surface area contributed by atoms with Crippen molar-refractivity contribution >= 4 is 74.9 Å². The topological polar surface area (TPSA) is 179 Å². The Kier molecular flexibility index (Phi) is 9.96. The Morgan fingerprint density at radius 3 is 2.53 bits per heavy atom. The molecule has 5 aliphatic rings. The lowest BCUT2D eigenvalue weighted by atomic mass is 9.96. The molecule has 0 spiro atoms. The smallest absolute Gasteiger partial charge is 0.265 e. The Labute approximate surface area is 383 Å². The first kappa shape index (κ1) is 34.3. The number of piperazine rings is 1. The molecule has 3 N–H and O–H groups in total. The molecule has 2 atom stereocenters. The highest BCUT2D eigenvalue weighted by atomic mass is 35.5. The lowest BCUT2D eigenvalue weighted by Gasteiger charge is -2.39. The summed E-state index contributed by atoms with van der Waals surface area (Å²) in [5.41, 5.74) is -0.971. The molecule has 334 valence electrons. The number of amides is 5. The minimum atomic E-state index is -3.43. The number of aromatic nitrogens is 2. The number of hydrogen-bond donors (Lipinski definition) is 3. The molecule has 4 fully saturated rings. The fourth-order valence-corrected chi connectivity index (χ4v) is 8.31. The molecule has 19 heteroatoms. The quantitative estimate of drug-likeness (QED) is 0.129. The second-order valence-electron chi connectivity index (χ2n) is 15.8. The van der Waals surface area contributed by atoms with Crippen LogP contribution in [0.2, 0.25) is 5.02 Å². The first-order valence-corrected chi connectivity index (χ1v) is 21.0. The number of anilines is 4. The van der Waals surface area contributed by atoms with Crippen LogP contribution in [0.3, 0.4) is 0 Å². The number of carbonyl (C=O) groups excluding carboxylic acids is 5. The van der Waals surface area contributed by atoms with E-state index in [2.05, 4.69) is 20.6 Å². The number of fused-ring (bicyclic) bond motifs is 2.